The molecule has 0 aliphatic carbocycles. The predicted octanol–water partition coefficient (Wildman–Crippen LogP) is 1.50. The molecule has 0 aliphatic heterocycles. The molecule has 2 aromatic carbocycles. The minimum absolute atomic E-state index is 0.127. The normalized spacial score (nSPS) is 11.4. The summed E-state index contributed by atoms with van der Waals surface area (Å²) in [6.07, 6.45) is 1.35. The van der Waals surface area contributed by atoms with Crippen molar-refractivity contribution in [1.29, 1.82) is 0 Å². The van der Waals surface area contributed by atoms with E-state index in [1.54, 1.807) is 18.2 Å². The van der Waals surface area contributed by atoms with Crippen LogP contribution in [0.3, 0.4) is 0 Å². The van der Waals surface area contributed by atoms with Gasteiger partial charge in [-0.15, -0.1) is 0 Å². The van der Waals surface area contributed by atoms with Gasteiger partial charge < -0.3 is 23.7 Å². The molecule has 1 N–H and O–H groups in total. The number of hydrazone groups is 1. The fourth-order valence-corrected chi connectivity index (χ4v) is 4.17. The summed E-state index contributed by atoms with van der Waals surface area (Å²) in [4.78, 5) is 12.2. The molecule has 33 heavy (non-hydrogen) atoms. The van der Waals surface area contributed by atoms with E-state index in [9.17, 15) is 13.2 Å². The van der Waals surface area contributed by atoms with Gasteiger partial charge in [0, 0.05) is 18.7 Å². The summed E-state index contributed by atoms with van der Waals surface area (Å²) in [5.74, 6) is 1.00. The molecule has 0 aromatic heterocycles. The van der Waals surface area contributed by atoms with Crippen LogP contribution in [0.5, 0.6) is 28.7 Å². The van der Waals surface area contributed by atoms with Crippen LogP contribution in [0, 0.1) is 0 Å². The van der Waals surface area contributed by atoms with Crippen LogP contribution >= 0.6 is 0 Å². The lowest BCUT2D eigenvalue weighted by atomic mass is 10.2. The van der Waals surface area contributed by atoms with Gasteiger partial charge in [-0.25, -0.2) is 13.8 Å². The Labute approximate surface area is 192 Å². The van der Waals surface area contributed by atoms with Crippen LogP contribution < -0.4 is 29.1 Å². The molecule has 0 radical (unpaired) electrons. The number of sulfonamides is 1. The van der Waals surface area contributed by atoms with Crippen molar-refractivity contribution in [3.05, 3.63) is 35.9 Å². The molecule has 0 saturated carbocycles. The number of hydrogen-bond acceptors (Lipinski definition) is 9. The topological polar surface area (TPSA) is 125 Å². The summed E-state index contributed by atoms with van der Waals surface area (Å²) in [5, 5.41) is 3.88. The second kappa shape index (κ2) is 11.4. The molecule has 180 valence electrons. The Morgan fingerprint density at radius 3 is 2.15 bits per heavy atom. The summed E-state index contributed by atoms with van der Waals surface area (Å²) in [6.45, 7) is -0.483. The van der Waals surface area contributed by atoms with E-state index in [2.05, 4.69) is 10.5 Å². The van der Waals surface area contributed by atoms with E-state index in [1.807, 2.05) is 0 Å². The molecule has 12 heteroatoms. The van der Waals surface area contributed by atoms with Gasteiger partial charge in [-0.2, -0.15) is 9.41 Å². The highest BCUT2D eigenvalue weighted by Crippen LogP contribution is 2.39. The Hall–Kier alpha value is -3.51. The summed E-state index contributed by atoms with van der Waals surface area (Å²) >= 11 is 0. The van der Waals surface area contributed by atoms with Crippen LogP contribution in [0.25, 0.3) is 0 Å². The average Bonchev–Trinajstić information content (AvgIpc) is 2.82. The second-order valence-corrected chi connectivity index (χ2v) is 8.51. The monoisotopic (exact) mass is 481 g/mol. The standard InChI is InChI=1S/C21H27N3O8S/c1-24(33(26,27)18-11-15(28-2)8-10-16(18)29-3)13-19(25)23-22-12-14-7-9-17(30-4)21(32-6)20(14)31-5/h7-12H,13H2,1-6H3,(H,23,25)/b22-12+. The molecular formula is C21H27N3O8S. The summed E-state index contributed by atoms with van der Waals surface area (Å²) in [6, 6.07) is 7.69. The van der Waals surface area contributed by atoms with Gasteiger partial charge in [0.05, 0.1) is 48.3 Å². The van der Waals surface area contributed by atoms with E-state index >= 15 is 0 Å². The van der Waals surface area contributed by atoms with Gasteiger partial charge in [0.1, 0.15) is 16.4 Å². The highest BCUT2D eigenvalue weighted by atomic mass is 32.2. The van der Waals surface area contributed by atoms with Gasteiger partial charge in [-0.1, -0.05) is 0 Å². The fourth-order valence-electron chi connectivity index (χ4n) is 2.88. The molecule has 0 heterocycles. The number of methoxy groups -OCH3 is 5. The SMILES string of the molecule is COc1ccc(OC)c(S(=O)(=O)N(C)CC(=O)N/N=C/c2ccc(OC)c(OC)c2OC)c1. The highest BCUT2D eigenvalue weighted by molar-refractivity contribution is 7.89. The van der Waals surface area contributed by atoms with Crippen LogP contribution in [0.4, 0.5) is 0 Å². The number of ether oxygens (including phenoxy) is 5. The minimum atomic E-state index is -4.05. The van der Waals surface area contributed by atoms with Crippen molar-refractivity contribution in [2.75, 3.05) is 49.1 Å². The van der Waals surface area contributed by atoms with Crippen LogP contribution in [-0.4, -0.2) is 74.0 Å². The number of benzene rings is 2. The van der Waals surface area contributed by atoms with E-state index in [-0.39, 0.29) is 10.6 Å². The number of carbonyl (C=O) groups is 1. The molecule has 0 atom stereocenters. The predicted molar refractivity (Wildman–Crippen MR) is 121 cm³/mol. The minimum Gasteiger partial charge on any atom is -0.497 e. The van der Waals surface area contributed by atoms with Gasteiger partial charge in [-0.05, 0) is 24.3 Å². The third kappa shape index (κ3) is 5.84. The molecule has 0 saturated heterocycles. The van der Waals surface area contributed by atoms with E-state index in [0.29, 0.717) is 28.6 Å². The summed E-state index contributed by atoms with van der Waals surface area (Å²) in [5.41, 5.74) is 2.81. The second-order valence-electron chi connectivity index (χ2n) is 6.49. The number of likely N-dealkylation sites (N-methyl/N-ethyl adjacent to an activating group) is 1. The Kier molecular flexibility index (Phi) is 8.88. The maximum Gasteiger partial charge on any atom is 0.255 e. The van der Waals surface area contributed by atoms with Gasteiger partial charge >= 0.3 is 0 Å². The first-order chi connectivity index (χ1) is 15.7. The molecule has 0 aliphatic rings. The lowest BCUT2D eigenvalue weighted by Crippen LogP contribution is -2.36. The molecular weight excluding hydrogens is 454 g/mol. The lowest BCUT2D eigenvalue weighted by Gasteiger charge is -2.18. The van der Waals surface area contributed by atoms with Gasteiger partial charge in [0.2, 0.25) is 15.8 Å². The first-order valence-electron chi connectivity index (χ1n) is 9.52. The van der Waals surface area contributed by atoms with E-state index < -0.39 is 22.5 Å². The lowest BCUT2D eigenvalue weighted by molar-refractivity contribution is -0.121. The van der Waals surface area contributed by atoms with Crippen LogP contribution in [0.15, 0.2) is 40.3 Å². The first kappa shape index (κ1) is 25.7. The zero-order valence-electron chi connectivity index (χ0n) is 19.2. The zero-order chi connectivity index (χ0) is 24.6. The number of hydrogen-bond donors (Lipinski definition) is 1. The van der Waals surface area contributed by atoms with Crippen LogP contribution in [0.1, 0.15) is 5.56 Å². The number of amides is 1. The molecule has 1 amide bonds. The Balaban J connectivity index is 2.15. The largest absolute Gasteiger partial charge is 0.497 e. The molecule has 11 nitrogen and oxygen atoms in total. The Bertz CT molecular complexity index is 1120. The van der Waals surface area contributed by atoms with E-state index in [4.69, 9.17) is 23.7 Å². The molecule has 0 unspecified atom stereocenters. The molecule has 0 spiro atoms. The van der Waals surface area contributed by atoms with Gasteiger partial charge in [0.25, 0.3) is 5.91 Å². The van der Waals surface area contributed by atoms with Crippen molar-refractivity contribution in [2.24, 2.45) is 5.10 Å². The Morgan fingerprint density at radius 2 is 1.58 bits per heavy atom. The third-order valence-corrected chi connectivity index (χ3v) is 6.38. The molecule has 2 aromatic rings. The average molecular weight is 482 g/mol. The van der Waals surface area contributed by atoms with Crippen molar-refractivity contribution in [3.8, 4) is 28.7 Å². The Morgan fingerprint density at radius 1 is 0.939 bits per heavy atom. The number of nitrogens with one attached hydrogen (secondary N) is 1. The third-order valence-electron chi connectivity index (χ3n) is 4.55. The summed E-state index contributed by atoms with van der Waals surface area (Å²) < 4.78 is 52.9. The number of carbonyl (C=O) groups excluding carboxylic acids is 1. The van der Waals surface area contributed by atoms with Crippen molar-refractivity contribution < 1.29 is 36.9 Å². The van der Waals surface area contributed by atoms with Gasteiger partial charge in [-0.3, -0.25) is 4.79 Å². The van der Waals surface area contributed by atoms with E-state index in [0.717, 1.165) is 4.31 Å². The molecule has 2 rings (SSSR count). The quantitative estimate of drug-likeness (QED) is 0.378. The summed E-state index contributed by atoms with van der Waals surface area (Å²) in [7, 11) is 4.42. The van der Waals surface area contributed by atoms with E-state index in [1.165, 1.54) is 60.9 Å². The first-order valence-corrected chi connectivity index (χ1v) is 11.0. The smallest absolute Gasteiger partial charge is 0.255 e. The number of nitrogens with zero attached hydrogens (tertiary/aromatic N) is 2. The maximum atomic E-state index is 13.0. The highest BCUT2D eigenvalue weighted by Gasteiger charge is 2.27. The zero-order valence-corrected chi connectivity index (χ0v) is 20.1. The van der Waals surface area contributed by atoms with Gasteiger partial charge in [0.15, 0.2) is 11.5 Å². The fraction of sp³-hybridized carbons (Fsp3) is 0.333. The number of rotatable bonds is 11. The maximum absolute atomic E-state index is 13.0. The van der Waals surface area contributed by atoms with Crippen LogP contribution in [-0.2, 0) is 14.8 Å². The van der Waals surface area contributed by atoms with Crippen LogP contribution in [0.2, 0.25) is 0 Å². The molecule has 0 fully saturated rings. The van der Waals surface area contributed by atoms with Crippen molar-refractivity contribution >= 4 is 22.1 Å². The molecule has 0 bridgehead atoms. The van der Waals surface area contributed by atoms with Crippen molar-refractivity contribution in [1.82, 2.24) is 9.73 Å². The van der Waals surface area contributed by atoms with Crippen molar-refractivity contribution in [2.45, 2.75) is 4.90 Å². The van der Waals surface area contributed by atoms with Crippen molar-refractivity contribution in [3.63, 3.8) is 0 Å².